The molecule has 16 heavy (non-hydrogen) atoms. The van der Waals surface area contributed by atoms with Crippen molar-refractivity contribution in [3.63, 3.8) is 0 Å². The highest BCUT2D eigenvalue weighted by atomic mass is 32.2. The highest BCUT2D eigenvalue weighted by Crippen LogP contribution is 2.24. The van der Waals surface area contributed by atoms with Crippen LogP contribution in [-0.4, -0.2) is 41.2 Å². The van der Waals surface area contributed by atoms with E-state index in [-0.39, 0.29) is 24.4 Å². The molecule has 1 unspecified atom stereocenters. The molecule has 1 aliphatic heterocycles. The summed E-state index contributed by atoms with van der Waals surface area (Å²) in [4.78, 5) is 22.0. The Morgan fingerprint density at radius 1 is 1.44 bits per heavy atom. The van der Waals surface area contributed by atoms with Gasteiger partial charge in [-0.3, -0.25) is 4.79 Å². The zero-order valence-electron chi connectivity index (χ0n) is 8.85. The van der Waals surface area contributed by atoms with Gasteiger partial charge in [0.15, 0.2) is 5.44 Å². The third-order valence-corrected chi connectivity index (χ3v) is 4.34. The van der Waals surface area contributed by atoms with Crippen molar-refractivity contribution >= 4 is 35.5 Å². The summed E-state index contributed by atoms with van der Waals surface area (Å²) in [6.07, 6.45) is 1.17. The summed E-state index contributed by atoms with van der Waals surface area (Å²) < 4.78 is 9.87. The largest absolute Gasteiger partial charge is 0.462 e. The van der Waals surface area contributed by atoms with Crippen LogP contribution in [0.5, 0.6) is 0 Å². The van der Waals surface area contributed by atoms with Crippen LogP contribution in [0.4, 0.5) is 0 Å². The van der Waals surface area contributed by atoms with Crippen LogP contribution < -0.4 is 0 Å². The minimum absolute atomic E-state index is 0.0498. The molecule has 0 aliphatic carbocycles. The quantitative estimate of drug-likeness (QED) is 0.552. The van der Waals surface area contributed by atoms with Crippen molar-refractivity contribution in [2.24, 2.45) is 0 Å². The van der Waals surface area contributed by atoms with Crippen molar-refractivity contribution < 1.29 is 19.1 Å². The van der Waals surface area contributed by atoms with E-state index in [4.69, 9.17) is 4.74 Å². The van der Waals surface area contributed by atoms with Crippen LogP contribution in [0.25, 0.3) is 0 Å². The molecule has 90 valence electrons. The summed E-state index contributed by atoms with van der Waals surface area (Å²) in [7, 11) is 0. The Morgan fingerprint density at radius 3 is 2.88 bits per heavy atom. The van der Waals surface area contributed by atoms with Gasteiger partial charge in [-0.05, 0) is 0 Å². The molecule has 1 heterocycles. The first kappa shape index (κ1) is 13.4. The van der Waals surface area contributed by atoms with Crippen molar-refractivity contribution in [2.75, 3.05) is 23.9 Å². The van der Waals surface area contributed by atoms with Crippen LogP contribution in [0.2, 0.25) is 0 Å². The smallest absolute Gasteiger partial charge is 0.330 e. The Bertz CT molecular complexity index is 262. The van der Waals surface area contributed by atoms with E-state index in [1.807, 2.05) is 0 Å². The second-order valence-electron chi connectivity index (χ2n) is 2.99. The van der Waals surface area contributed by atoms with E-state index in [9.17, 15) is 9.59 Å². The van der Waals surface area contributed by atoms with Crippen LogP contribution in [0, 0.1) is 0 Å². The summed E-state index contributed by atoms with van der Waals surface area (Å²) in [6, 6.07) is 0. The van der Waals surface area contributed by atoms with E-state index in [0.29, 0.717) is 0 Å². The maximum absolute atomic E-state index is 11.3. The number of esters is 2. The summed E-state index contributed by atoms with van der Waals surface area (Å²) in [5.41, 5.74) is -0.0543. The molecule has 0 radical (unpaired) electrons. The lowest BCUT2D eigenvalue weighted by molar-refractivity contribution is -0.147. The molecule has 0 aromatic carbocycles. The number of hydrogen-bond acceptors (Lipinski definition) is 6. The van der Waals surface area contributed by atoms with Gasteiger partial charge in [0.25, 0.3) is 0 Å². The van der Waals surface area contributed by atoms with E-state index < -0.39 is 5.97 Å². The van der Waals surface area contributed by atoms with Crippen molar-refractivity contribution in [2.45, 2.75) is 11.9 Å². The number of rotatable bonds is 5. The molecule has 0 bridgehead atoms. The molecule has 1 rings (SSSR count). The average Bonchev–Trinajstić information content (AvgIpc) is 2.30. The molecule has 0 spiro atoms. The van der Waals surface area contributed by atoms with E-state index in [1.54, 1.807) is 23.5 Å². The van der Waals surface area contributed by atoms with Crippen molar-refractivity contribution in [3.8, 4) is 0 Å². The third kappa shape index (κ3) is 5.46. The summed E-state index contributed by atoms with van der Waals surface area (Å²) in [6.45, 7) is 3.30. The Hall–Kier alpha value is -0.620. The fourth-order valence-electron chi connectivity index (χ4n) is 1.03. The number of carbonyl (C=O) groups is 2. The lowest BCUT2D eigenvalue weighted by atomic mass is 10.4. The first-order valence-electron chi connectivity index (χ1n) is 4.90. The second-order valence-corrected chi connectivity index (χ2v) is 5.40. The zero-order valence-corrected chi connectivity index (χ0v) is 10.5. The van der Waals surface area contributed by atoms with Crippen LogP contribution in [-0.2, 0) is 19.1 Å². The number of hydrogen-bond donors (Lipinski definition) is 0. The van der Waals surface area contributed by atoms with Crippen LogP contribution >= 0.6 is 23.5 Å². The van der Waals surface area contributed by atoms with Gasteiger partial charge < -0.3 is 9.47 Å². The van der Waals surface area contributed by atoms with Gasteiger partial charge in [-0.1, -0.05) is 6.58 Å². The van der Waals surface area contributed by atoms with Gasteiger partial charge in [0.05, 0.1) is 6.42 Å². The molecule has 0 aromatic heterocycles. The van der Waals surface area contributed by atoms with Crippen molar-refractivity contribution in [1.82, 2.24) is 0 Å². The zero-order chi connectivity index (χ0) is 11.8. The van der Waals surface area contributed by atoms with E-state index >= 15 is 0 Å². The fourth-order valence-corrected chi connectivity index (χ4v) is 3.43. The third-order valence-electron chi connectivity index (χ3n) is 1.77. The van der Waals surface area contributed by atoms with Gasteiger partial charge in [0.2, 0.25) is 0 Å². The average molecular weight is 262 g/mol. The lowest BCUT2D eigenvalue weighted by Crippen LogP contribution is -2.22. The minimum Gasteiger partial charge on any atom is -0.462 e. The maximum atomic E-state index is 11.3. The van der Waals surface area contributed by atoms with Crippen LogP contribution in [0.3, 0.4) is 0 Å². The summed E-state index contributed by atoms with van der Waals surface area (Å²) in [5, 5.41) is 0. The normalized spacial score (nSPS) is 19.9. The Balaban J connectivity index is 2.10. The highest BCUT2D eigenvalue weighted by Gasteiger charge is 2.18. The molecule has 1 fully saturated rings. The SMILES string of the molecule is C=CC(=O)OCCC(=O)OC1CSCCS1. The van der Waals surface area contributed by atoms with Gasteiger partial charge in [0.1, 0.15) is 6.61 Å². The second kappa shape index (κ2) is 7.62. The standard InChI is InChI=1S/C10H14O4S2/c1-2-8(11)13-4-3-9(12)14-10-7-15-5-6-16-10/h2,10H,1,3-7H2. The van der Waals surface area contributed by atoms with Crippen molar-refractivity contribution in [3.05, 3.63) is 12.7 Å². The topological polar surface area (TPSA) is 52.6 Å². The minimum atomic E-state index is -0.518. The molecule has 0 amide bonds. The number of ether oxygens (including phenoxy) is 2. The number of carbonyl (C=O) groups excluding carboxylic acids is 2. The fraction of sp³-hybridized carbons (Fsp3) is 0.600. The maximum Gasteiger partial charge on any atom is 0.330 e. The molecule has 0 saturated carbocycles. The lowest BCUT2D eigenvalue weighted by Gasteiger charge is -2.20. The van der Waals surface area contributed by atoms with Crippen molar-refractivity contribution in [1.29, 1.82) is 0 Å². The van der Waals surface area contributed by atoms with E-state index in [0.717, 1.165) is 23.3 Å². The summed E-state index contributed by atoms with van der Waals surface area (Å²) >= 11 is 3.43. The highest BCUT2D eigenvalue weighted by molar-refractivity contribution is 8.06. The van der Waals surface area contributed by atoms with Gasteiger partial charge in [-0.25, -0.2) is 4.79 Å². The predicted molar refractivity (Wildman–Crippen MR) is 65.4 cm³/mol. The predicted octanol–water partition coefficient (Wildman–Crippen LogP) is 1.45. The Morgan fingerprint density at radius 2 is 2.25 bits per heavy atom. The van der Waals surface area contributed by atoms with Crippen LogP contribution in [0.1, 0.15) is 6.42 Å². The van der Waals surface area contributed by atoms with Gasteiger partial charge in [-0.2, -0.15) is 11.8 Å². The Labute approximate surface area is 103 Å². The number of thioether (sulfide) groups is 2. The first-order valence-corrected chi connectivity index (χ1v) is 7.10. The molecule has 1 atom stereocenters. The molecule has 0 N–H and O–H groups in total. The monoisotopic (exact) mass is 262 g/mol. The molecule has 4 nitrogen and oxygen atoms in total. The first-order chi connectivity index (χ1) is 7.72. The van der Waals surface area contributed by atoms with Gasteiger partial charge in [0, 0.05) is 23.3 Å². The molecule has 1 saturated heterocycles. The summed E-state index contributed by atoms with van der Waals surface area (Å²) in [5.74, 6) is 2.11. The van der Waals surface area contributed by atoms with E-state index in [1.165, 1.54) is 0 Å². The molecular weight excluding hydrogens is 248 g/mol. The molecular formula is C10H14O4S2. The van der Waals surface area contributed by atoms with Crippen LogP contribution in [0.15, 0.2) is 12.7 Å². The van der Waals surface area contributed by atoms with Gasteiger partial charge in [-0.15, -0.1) is 11.8 Å². The molecule has 6 heteroatoms. The van der Waals surface area contributed by atoms with E-state index in [2.05, 4.69) is 11.3 Å². The molecule has 1 aliphatic rings. The van der Waals surface area contributed by atoms with Gasteiger partial charge >= 0.3 is 11.9 Å². The molecule has 0 aromatic rings. The Kier molecular flexibility index (Phi) is 6.40.